The van der Waals surface area contributed by atoms with Gasteiger partial charge < -0.3 is 19.5 Å². The van der Waals surface area contributed by atoms with Gasteiger partial charge in [0.1, 0.15) is 6.10 Å². The highest BCUT2D eigenvalue weighted by Crippen LogP contribution is 2.34. The molecule has 0 saturated carbocycles. The van der Waals surface area contributed by atoms with E-state index in [0.29, 0.717) is 5.88 Å². The van der Waals surface area contributed by atoms with Crippen LogP contribution in [0, 0.1) is 6.92 Å². The van der Waals surface area contributed by atoms with Crippen molar-refractivity contribution in [3.63, 3.8) is 0 Å². The highest BCUT2D eigenvalue weighted by Gasteiger charge is 2.27. The Morgan fingerprint density at radius 2 is 1.90 bits per heavy atom. The number of hydrogen-bond donors (Lipinski definition) is 1. The molecule has 1 N–H and O–H groups in total. The fourth-order valence-electron chi connectivity index (χ4n) is 3.72. The number of aromatic nitrogens is 1. The average molecular weight is 390 g/mol. The molecule has 1 aliphatic heterocycles. The summed E-state index contributed by atoms with van der Waals surface area (Å²) >= 11 is 0. The van der Waals surface area contributed by atoms with Gasteiger partial charge in [-0.3, -0.25) is 0 Å². The number of aryl methyl sites for hydroxylation is 1. The number of hydrogen-bond acceptors (Lipinski definition) is 5. The lowest BCUT2D eigenvalue weighted by Gasteiger charge is -2.24. The minimum Gasteiger partial charge on any atom is -0.472 e. The number of aliphatic hydroxyl groups excluding tert-OH is 1. The number of benzene rings is 2. The molecule has 1 saturated heterocycles. The number of methoxy groups -OCH3 is 1. The van der Waals surface area contributed by atoms with E-state index >= 15 is 0 Å². The molecule has 3 aromatic rings. The first-order valence-electron chi connectivity index (χ1n) is 9.88. The zero-order valence-electron chi connectivity index (χ0n) is 16.8. The van der Waals surface area contributed by atoms with E-state index in [1.54, 1.807) is 0 Å². The number of nitrogens with zero attached hydrogens (tertiary/aromatic N) is 2. The number of ether oxygens (including phenoxy) is 2. The van der Waals surface area contributed by atoms with Gasteiger partial charge in [0.15, 0.2) is 6.29 Å². The minimum absolute atomic E-state index is 0.0616. The lowest BCUT2D eigenvalue weighted by atomic mass is 10.0. The van der Waals surface area contributed by atoms with Crippen LogP contribution in [0.25, 0.3) is 11.1 Å². The van der Waals surface area contributed by atoms with E-state index in [1.807, 2.05) is 49.5 Å². The third kappa shape index (κ3) is 4.42. The Kier molecular flexibility index (Phi) is 5.79. The van der Waals surface area contributed by atoms with Crippen LogP contribution in [0.1, 0.15) is 23.8 Å². The lowest BCUT2D eigenvalue weighted by Crippen LogP contribution is -2.26. The van der Waals surface area contributed by atoms with Crippen molar-refractivity contribution in [3.8, 4) is 17.0 Å². The first-order valence-corrected chi connectivity index (χ1v) is 9.88. The largest absolute Gasteiger partial charge is 0.472 e. The molecule has 1 aliphatic rings. The molecule has 0 bridgehead atoms. The summed E-state index contributed by atoms with van der Waals surface area (Å²) in [5.74, 6) is 0.652. The van der Waals surface area contributed by atoms with Crippen LogP contribution in [0.5, 0.6) is 5.88 Å². The Hall–Kier alpha value is -2.89. The lowest BCUT2D eigenvalue weighted by molar-refractivity contribution is -0.0765. The molecule has 2 atom stereocenters. The molecule has 0 amide bonds. The molecule has 5 heteroatoms. The Morgan fingerprint density at radius 1 is 1.07 bits per heavy atom. The van der Waals surface area contributed by atoms with Gasteiger partial charge in [-0.2, -0.15) is 0 Å². The van der Waals surface area contributed by atoms with Crippen LogP contribution >= 0.6 is 0 Å². The molecule has 29 heavy (non-hydrogen) atoms. The summed E-state index contributed by atoms with van der Waals surface area (Å²) in [7, 11) is 1.52. The quantitative estimate of drug-likeness (QED) is 0.634. The van der Waals surface area contributed by atoms with E-state index in [1.165, 1.54) is 7.11 Å². The van der Waals surface area contributed by atoms with E-state index < -0.39 is 6.29 Å². The van der Waals surface area contributed by atoms with Crippen LogP contribution in [0.3, 0.4) is 0 Å². The van der Waals surface area contributed by atoms with Gasteiger partial charge in [0.05, 0.1) is 6.54 Å². The number of pyridine rings is 1. The number of rotatable bonds is 6. The number of anilines is 1. The van der Waals surface area contributed by atoms with Gasteiger partial charge in [-0.1, -0.05) is 42.5 Å². The van der Waals surface area contributed by atoms with Crippen LogP contribution in [-0.4, -0.2) is 36.4 Å². The maximum absolute atomic E-state index is 10.5. The van der Waals surface area contributed by atoms with E-state index in [4.69, 9.17) is 9.47 Å². The van der Waals surface area contributed by atoms with E-state index in [0.717, 1.165) is 47.5 Å². The normalized spacial score (nSPS) is 17.3. The Bertz CT molecular complexity index is 944. The van der Waals surface area contributed by atoms with Gasteiger partial charge in [0, 0.05) is 43.6 Å². The molecule has 0 spiro atoms. The van der Waals surface area contributed by atoms with E-state index in [2.05, 4.69) is 34.1 Å². The molecule has 5 nitrogen and oxygen atoms in total. The molecular weight excluding hydrogens is 364 g/mol. The van der Waals surface area contributed by atoms with Crippen molar-refractivity contribution in [2.75, 3.05) is 25.1 Å². The van der Waals surface area contributed by atoms with Crippen molar-refractivity contribution < 1.29 is 14.6 Å². The summed E-state index contributed by atoms with van der Waals surface area (Å²) in [5, 5.41) is 10.5. The Morgan fingerprint density at radius 3 is 2.62 bits per heavy atom. The van der Waals surface area contributed by atoms with Crippen molar-refractivity contribution in [1.82, 2.24) is 4.98 Å². The van der Waals surface area contributed by atoms with E-state index in [9.17, 15) is 5.11 Å². The van der Waals surface area contributed by atoms with E-state index in [-0.39, 0.29) is 6.10 Å². The van der Waals surface area contributed by atoms with Crippen molar-refractivity contribution in [1.29, 1.82) is 0 Å². The molecule has 2 aromatic carbocycles. The molecule has 2 heterocycles. The molecule has 0 aliphatic carbocycles. The summed E-state index contributed by atoms with van der Waals surface area (Å²) < 4.78 is 11.3. The van der Waals surface area contributed by atoms with Crippen molar-refractivity contribution in [2.24, 2.45) is 0 Å². The van der Waals surface area contributed by atoms with Crippen LogP contribution in [0.15, 0.2) is 66.9 Å². The summed E-state index contributed by atoms with van der Waals surface area (Å²) in [6.07, 6.45) is 1.80. The smallest absolute Gasteiger partial charge is 0.213 e. The molecule has 150 valence electrons. The Balaban J connectivity index is 1.55. The third-order valence-corrected chi connectivity index (χ3v) is 5.28. The molecule has 1 fully saturated rings. The summed E-state index contributed by atoms with van der Waals surface area (Å²) in [6.45, 7) is 3.60. The predicted molar refractivity (Wildman–Crippen MR) is 114 cm³/mol. The SMILES string of the molecule is COC(O)c1cc(-c2ccccc2)ccc1N1CC[C@H](Oc2ccc(C)cn2)C1. The van der Waals surface area contributed by atoms with Gasteiger partial charge in [-0.15, -0.1) is 0 Å². The number of aliphatic hydroxyl groups is 1. The highest BCUT2D eigenvalue weighted by atomic mass is 16.6. The first-order chi connectivity index (χ1) is 14.1. The van der Waals surface area contributed by atoms with Crippen LogP contribution in [0.2, 0.25) is 0 Å². The standard InChI is InChI=1S/C24H26N2O3/c1-17-8-11-23(25-15-17)29-20-12-13-26(16-20)22-10-9-19(14-21(22)24(27)28-2)18-6-4-3-5-7-18/h3-11,14-15,20,24,27H,12-13,16H2,1-2H3/t20-,24?/m0/s1. The molecule has 0 radical (unpaired) electrons. The summed E-state index contributed by atoms with van der Waals surface area (Å²) in [6, 6.07) is 20.2. The van der Waals surface area contributed by atoms with Crippen LogP contribution in [0.4, 0.5) is 5.69 Å². The maximum atomic E-state index is 10.5. The average Bonchev–Trinajstić information content (AvgIpc) is 3.23. The second-order valence-electron chi connectivity index (χ2n) is 7.38. The summed E-state index contributed by atoms with van der Waals surface area (Å²) in [5.41, 5.74) is 5.01. The third-order valence-electron chi connectivity index (χ3n) is 5.28. The topological polar surface area (TPSA) is 54.8 Å². The molecule has 1 unspecified atom stereocenters. The van der Waals surface area contributed by atoms with Crippen LogP contribution < -0.4 is 9.64 Å². The zero-order chi connectivity index (χ0) is 20.2. The predicted octanol–water partition coefficient (Wildman–Crippen LogP) is 4.35. The summed E-state index contributed by atoms with van der Waals surface area (Å²) in [4.78, 5) is 6.58. The van der Waals surface area contributed by atoms with Gasteiger partial charge in [0.2, 0.25) is 5.88 Å². The monoisotopic (exact) mass is 390 g/mol. The van der Waals surface area contributed by atoms with Crippen LogP contribution in [-0.2, 0) is 4.74 Å². The highest BCUT2D eigenvalue weighted by molar-refractivity contribution is 5.69. The van der Waals surface area contributed by atoms with Crippen molar-refractivity contribution in [3.05, 3.63) is 78.0 Å². The van der Waals surface area contributed by atoms with Gasteiger partial charge >= 0.3 is 0 Å². The second kappa shape index (κ2) is 8.64. The zero-order valence-corrected chi connectivity index (χ0v) is 16.8. The van der Waals surface area contributed by atoms with Gasteiger partial charge in [-0.05, 0) is 35.7 Å². The fourth-order valence-corrected chi connectivity index (χ4v) is 3.72. The Labute approximate surface area is 171 Å². The molecule has 4 rings (SSSR count). The van der Waals surface area contributed by atoms with Gasteiger partial charge in [-0.25, -0.2) is 4.98 Å². The maximum Gasteiger partial charge on any atom is 0.213 e. The van der Waals surface area contributed by atoms with Crippen molar-refractivity contribution in [2.45, 2.75) is 25.7 Å². The molecule has 1 aromatic heterocycles. The fraction of sp³-hybridized carbons (Fsp3) is 0.292. The second-order valence-corrected chi connectivity index (χ2v) is 7.38. The first kappa shape index (κ1) is 19.4. The minimum atomic E-state index is -0.979. The van der Waals surface area contributed by atoms with Crippen molar-refractivity contribution >= 4 is 5.69 Å². The molecular formula is C24H26N2O3. The van der Waals surface area contributed by atoms with Gasteiger partial charge in [0.25, 0.3) is 0 Å².